The molecule has 0 aliphatic carbocycles. The molecule has 1 spiro atoms. The van der Waals surface area contributed by atoms with Crippen molar-refractivity contribution in [1.82, 2.24) is 16.0 Å². The number of carbonyl (C=O) groups is 2. The Morgan fingerprint density at radius 1 is 1.15 bits per heavy atom. The van der Waals surface area contributed by atoms with E-state index in [0.29, 0.717) is 6.54 Å². The molecule has 4 atom stereocenters. The molecule has 2 aliphatic rings. The Bertz CT molecular complexity index is 545. The average molecular weight is 273 g/mol. The van der Waals surface area contributed by atoms with Gasteiger partial charge >= 0.3 is 6.03 Å². The molecule has 0 aromatic heterocycles. The normalized spacial score (nSPS) is 36.8. The summed E-state index contributed by atoms with van der Waals surface area (Å²) in [5, 5.41) is 8.76. The second-order valence-corrected chi connectivity index (χ2v) is 5.76. The molecule has 2 fully saturated rings. The van der Waals surface area contributed by atoms with Gasteiger partial charge in [0.25, 0.3) is 5.91 Å². The van der Waals surface area contributed by atoms with E-state index in [-0.39, 0.29) is 29.8 Å². The first kappa shape index (κ1) is 13.1. The summed E-state index contributed by atoms with van der Waals surface area (Å²) in [5.41, 5.74) is 0.322. The van der Waals surface area contributed by atoms with E-state index in [4.69, 9.17) is 0 Å². The molecule has 3 rings (SSSR count). The van der Waals surface area contributed by atoms with E-state index in [1.165, 1.54) is 0 Å². The number of imide groups is 1. The lowest BCUT2D eigenvalue weighted by Gasteiger charge is -2.47. The summed E-state index contributed by atoms with van der Waals surface area (Å²) in [7, 11) is 0. The van der Waals surface area contributed by atoms with Crippen molar-refractivity contribution in [3.63, 3.8) is 0 Å². The predicted molar refractivity (Wildman–Crippen MR) is 74.9 cm³/mol. The smallest absolute Gasteiger partial charge is 0.322 e. The van der Waals surface area contributed by atoms with Gasteiger partial charge in [-0.1, -0.05) is 44.2 Å². The summed E-state index contributed by atoms with van der Waals surface area (Å²) < 4.78 is 0. The van der Waals surface area contributed by atoms with Crippen LogP contribution in [0.5, 0.6) is 0 Å². The number of rotatable bonds is 1. The van der Waals surface area contributed by atoms with Crippen molar-refractivity contribution in [2.24, 2.45) is 11.8 Å². The average Bonchev–Trinajstić information content (AvgIpc) is 2.74. The monoisotopic (exact) mass is 273 g/mol. The highest BCUT2D eigenvalue weighted by Crippen LogP contribution is 2.40. The van der Waals surface area contributed by atoms with Crippen LogP contribution in [0.1, 0.15) is 25.5 Å². The Labute approximate surface area is 118 Å². The minimum atomic E-state index is -0.817. The van der Waals surface area contributed by atoms with Crippen LogP contribution in [0.4, 0.5) is 4.79 Å². The minimum Gasteiger partial charge on any atom is -0.323 e. The first-order chi connectivity index (χ1) is 9.55. The zero-order valence-corrected chi connectivity index (χ0v) is 11.6. The van der Waals surface area contributed by atoms with E-state index in [1.54, 1.807) is 0 Å². The molecule has 5 heteroatoms. The van der Waals surface area contributed by atoms with Crippen molar-refractivity contribution in [2.75, 3.05) is 6.54 Å². The van der Waals surface area contributed by atoms with E-state index in [1.807, 2.05) is 44.2 Å². The molecule has 5 nitrogen and oxygen atoms in total. The number of nitrogens with one attached hydrogen (secondary N) is 3. The molecule has 20 heavy (non-hydrogen) atoms. The maximum Gasteiger partial charge on any atom is 0.322 e. The number of hydrogen-bond acceptors (Lipinski definition) is 3. The van der Waals surface area contributed by atoms with E-state index >= 15 is 0 Å². The number of benzene rings is 1. The third kappa shape index (κ3) is 1.73. The summed E-state index contributed by atoms with van der Waals surface area (Å²) in [6, 6.07) is 9.71. The van der Waals surface area contributed by atoms with Crippen LogP contribution in [0.2, 0.25) is 0 Å². The summed E-state index contributed by atoms with van der Waals surface area (Å²) in [6.45, 7) is 4.71. The van der Waals surface area contributed by atoms with Gasteiger partial charge in [-0.05, 0) is 5.56 Å². The number of amides is 3. The van der Waals surface area contributed by atoms with Gasteiger partial charge in [-0.25, -0.2) is 4.79 Å². The maximum absolute atomic E-state index is 12.3. The quantitative estimate of drug-likeness (QED) is 0.673. The molecule has 2 heterocycles. The number of urea groups is 1. The summed E-state index contributed by atoms with van der Waals surface area (Å²) >= 11 is 0. The number of hydrogen-bond donors (Lipinski definition) is 3. The highest BCUT2D eigenvalue weighted by molar-refractivity contribution is 6.07. The summed E-state index contributed by atoms with van der Waals surface area (Å²) in [5.74, 6) is -0.186. The van der Waals surface area contributed by atoms with Crippen molar-refractivity contribution in [3.8, 4) is 0 Å². The van der Waals surface area contributed by atoms with Gasteiger partial charge in [-0.3, -0.25) is 10.1 Å². The van der Waals surface area contributed by atoms with Gasteiger partial charge in [-0.2, -0.15) is 0 Å². The fourth-order valence-corrected chi connectivity index (χ4v) is 3.57. The first-order valence-electron chi connectivity index (χ1n) is 6.97. The standard InChI is InChI=1S/C15H19N3O2/c1-9-8-16-12(11-6-4-3-5-7-11)10(2)15(9)13(19)17-14(20)18-15/h3-7,9-10,12,16H,8H2,1-2H3,(H2,17,18,19,20). The molecular formula is C15H19N3O2. The molecule has 2 saturated heterocycles. The molecule has 3 amide bonds. The zero-order valence-electron chi connectivity index (χ0n) is 11.6. The molecular weight excluding hydrogens is 254 g/mol. The lowest BCUT2D eigenvalue weighted by molar-refractivity contribution is -0.129. The van der Waals surface area contributed by atoms with Crippen LogP contribution in [-0.4, -0.2) is 24.0 Å². The Kier molecular flexibility index (Phi) is 3.01. The van der Waals surface area contributed by atoms with Crippen molar-refractivity contribution in [1.29, 1.82) is 0 Å². The highest BCUT2D eigenvalue weighted by atomic mass is 16.2. The molecule has 1 aromatic rings. The molecule has 2 aliphatic heterocycles. The second-order valence-electron chi connectivity index (χ2n) is 5.76. The fourth-order valence-electron chi connectivity index (χ4n) is 3.57. The van der Waals surface area contributed by atoms with E-state index in [9.17, 15) is 9.59 Å². The topological polar surface area (TPSA) is 70.2 Å². The van der Waals surface area contributed by atoms with Crippen LogP contribution >= 0.6 is 0 Å². The van der Waals surface area contributed by atoms with E-state index in [0.717, 1.165) is 5.56 Å². The first-order valence-corrected chi connectivity index (χ1v) is 6.97. The Hall–Kier alpha value is -1.88. The van der Waals surface area contributed by atoms with Gasteiger partial charge in [0.15, 0.2) is 0 Å². The molecule has 106 valence electrons. The molecule has 0 radical (unpaired) electrons. The highest BCUT2D eigenvalue weighted by Gasteiger charge is 2.57. The van der Waals surface area contributed by atoms with E-state index in [2.05, 4.69) is 16.0 Å². The molecule has 3 N–H and O–H groups in total. The zero-order chi connectivity index (χ0) is 14.3. The van der Waals surface area contributed by atoms with Gasteiger partial charge in [0.05, 0.1) is 0 Å². The van der Waals surface area contributed by atoms with Crippen molar-refractivity contribution >= 4 is 11.9 Å². The fraction of sp³-hybridized carbons (Fsp3) is 0.467. The van der Waals surface area contributed by atoms with E-state index < -0.39 is 5.54 Å². The van der Waals surface area contributed by atoms with Crippen LogP contribution in [-0.2, 0) is 4.79 Å². The van der Waals surface area contributed by atoms with Crippen LogP contribution in [0.15, 0.2) is 30.3 Å². The predicted octanol–water partition coefficient (Wildman–Crippen LogP) is 1.18. The van der Waals surface area contributed by atoms with Crippen LogP contribution < -0.4 is 16.0 Å². The Balaban J connectivity index is 1.99. The molecule has 0 saturated carbocycles. The van der Waals surface area contributed by atoms with Crippen LogP contribution in [0.25, 0.3) is 0 Å². The van der Waals surface area contributed by atoms with Crippen molar-refractivity contribution < 1.29 is 9.59 Å². The van der Waals surface area contributed by atoms with Gasteiger partial charge in [-0.15, -0.1) is 0 Å². The van der Waals surface area contributed by atoms with Gasteiger partial charge in [0, 0.05) is 24.4 Å². The lowest BCUT2D eigenvalue weighted by atomic mass is 9.68. The Morgan fingerprint density at radius 2 is 1.85 bits per heavy atom. The van der Waals surface area contributed by atoms with Crippen molar-refractivity contribution in [3.05, 3.63) is 35.9 Å². The molecule has 0 bridgehead atoms. The minimum absolute atomic E-state index is 0.0277. The largest absolute Gasteiger partial charge is 0.323 e. The third-order valence-corrected chi connectivity index (χ3v) is 4.72. The van der Waals surface area contributed by atoms with Crippen LogP contribution in [0, 0.1) is 11.8 Å². The van der Waals surface area contributed by atoms with Crippen LogP contribution in [0.3, 0.4) is 0 Å². The van der Waals surface area contributed by atoms with Crippen molar-refractivity contribution in [2.45, 2.75) is 25.4 Å². The lowest BCUT2D eigenvalue weighted by Crippen LogP contribution is -2.65. The van der Waals surface area contributed by atoms with Gasteiger partial charge in [0.2, 0.25) is 0 Å². The molecule has 1 aromatic carbocycles. The summed E-state index contributed by atoms with van der Waals surface area (Å²) in [4.78, 5) is 23.9. The maximum atomic E-state index is 12.3. The van der Waals surface area contributed by atoms with Gasteiger partial charge in [0.1, 0.15) is 5.54 Å². The van der Waals surface area contributed by atoms with Gasteiger partial charge < -0.3 is 10.6 Å². The SMILES string of the molecule is CC1CNC(c2ccccc2)C(C)C12NC(=O)NC2=O. The summed E-state index contributed by atoms with van der Waals surface area (Å²) in [6.07, 6.45) is 0. The third-order valence-electron chi connectivity index (χ3n) is 4.72. The molecule has 4 unspecified atom stereocenters. The number of piperidine rings is 1. The second kappa shape index (κ2) is 4.59. The Morgan fingerprint density at radius 3 is 2.45 bits per heavy atom. The number of carbonyl (C=O) groups excluding carboxylic acids is 2.